The summed E-state index contributed by atoms with van der Waals surface area (Å²) in [6.45, 7) is 6.98. The van der Waals surface area contributed by atoms with Crippen molar-refractivity contribution in [1.29, 1.82) is 0 Å². The van der Waals surface area contributed by atoms with Crippen LogP contribution in [0.5, 0.6) is 0 Å². The van der Waals surface area contributed by atoms with Crippen LogP contribution in [-0.2, 0) is 0 Å². The zero-order valence-electron chi connectivity index (χ0n) is 8.60. The molecule has 0 unspecified atom stereocenters. The molecule has 0 atom stereocenters. The molecule has 0 aliphatic rings. The van der Waals surface area contributed by atoms with Crippen molar-refractivity contribution in [3.05, 3.63) is 22.3 Å². The summed E-state index contributed by atoms with van der Waals surface area (Å²) < 4.78 is 1.02. The second kappa shape index (κ2) is 5.98. The molecule has 0 aromatic carbocycles. The van der Waals surface area contributed by atoms with E-state index in [1.807, 2.05) is 13.1 Å². The smallest absolute Gasteiger partial charge is 0.140 e. The Kier molecular flexibility index (Phi) is 4.90. The quantitative estimate of drug-likeness (QED) is 0.795. The van der Waals surface area contributed by atoms with Gasteiger partial charge in [0, 0.05) is 19.3 Å². The van der Waals surface area contributed by atoms with E-state index >= 15 is 0 Å². The molecule has 1 rings (SSSR count). The van der Waals surface area contributed by atoms with Crippen LogP contribution in [0.3, 0.4) is 0 Å². The lowest BCUT2D eigenvalue weighted by molar-refractivity contribution is 0.737. The van der Waals surface area contributed by atoms with Crippen LogP contribution < -0.4 is 10.6 Å². The SMILES string of the molecule is CCNCCNc1ncc(C)cc1Br. The summed E-state index contributed by atoms with van der Waals surface area (Å²) in [5, 5.41) is 6.50. The van der Waals surface area contributed by atoms with Gasteiger partial charge in [0.25, 0.3) is 0 Å². The van der Waals surface area contributed by atoms with Gasteiger partial charge in [-0.2, -0.15) is 0 Å². The van der Waals surface area contributed by atoms with Crippen LogP contribution >= 0.6 is 15.9 Å². The first-order valence-electron chi connectivity index (χ1n) is 4.80. The van der Waals surface area contributed by atoms with Gasteiger partial charge in [0.1, 0.15) is 5.82 Å². The molecule has 1 aromatic heterocycles. The highest BCUT2D eigenvalue weighted by molar-refractivity contribution is 9.10. The number of rotatable bonds is 5. The van der Waals surface area contributed by atoms with Gasteiger partial charge in [-0.15, -0.1) is 0 Å². The van der Waals surface area contributed by atoms with Crippen LogP contribution in [0.25, 0.3) is 0 Å². The first kappa shape index (κ1) is 11.5. The average molecular weight is 258 g/mol. The van der Waals surface area contributed by atoms with Crippen LogP contribution in [0.2, 0.25) is 0 Å². The van der Waals surface area contributed by atoms with Gasteiger partial charge in [-0.3, -0.25) is 0 Å². The van der Waals surface area contributed by atoms with Crippen molar-refractivity contribution in [3.8, 4) is 0 Å². The molecule has 78 valence electrons. The minimum absolute atomic E-state index is 0.891. The third kappa shape index (κ3) is 3.64. The second-order valence-electron chi connectivity index (χ2n) is 3.12. The van der Waals surface area contributed by atoms with Crippen LogP contribution in [0, 0.1) is 6.92 Å². The summed E-state index contributed by atoms with van der Waals surface area (Å²) in [6, 6.07) is 2.06. The van der Waals surface area contributed by atoms with Gasteiger partial charge >= 0.3 is 0 Å². The van der Waals surface area contributed by atoms with Gasteiger partial charge in [-0.05, 0) is 41.0 Å². The van der Waals surface area contributed by atoms with E-state index in [9.17, 15) is 0 Å². The maximum absolute atomic E-state index is 4.29. The molecular formula is C10H16BrN3. The summed E-state index contributed by atoms with van der Waals surface area (Å²) in [5.74, 6) is 0.911. The molecule has 3 nitrogen and oxygen atoms in total. The maximum atomic E-state index is 4.29. The lowest BCUT2D eigenvalue weighted by Gasteiger charge is -2.07. The van der Waals surface area contributed by atoms with Crippen molar-refractivity contribution in [1.82, 2.24) is 10.3 Å². The first-order chi connectivity index (χ1) is 6.74. The zero-order valence-corrected chi connectivity index (χ0v) is 10.2. The topological polar surface area (TPSA) is 37.0 Å². The highest BCUT2D eigenvalue weighted by Gasteiger charge is 1.99. The Hall–Kier alpha value is -0.610. The lowest BCUT2D eigenvalue weighted by Crippen LogP contribution is -2.22. The van der Waals surface area contributed by atoms with Crippen molar-refractivity contribution in [2.24, 2.45) is 0 Å². The Morgan fingerprint density at radius 3 is 2.86 bits per heavy atom. The van der Waals surface area contributed by atoms with Crippen molar-refractivity contribution >= 4 is 21.7 Å². The van der Waals surface area contributed by atoms with E-state index in [-0.39, 0.29) is 0 Å². The van der Waals surface area contributed by atoms with E-state index in [0.29, 0.717) is 0 Å². The van der Waals surface area contributed by atoms with Crippen LogP contribution in [-0.4, -0.2) is 24.6 Å². The molecule has 0 aliphatic heterocycles. The van der Waals surface area contributed by atoms with E-state index in [1.165, 1.54) is 0 Å². The number of likely N-dealkylation sites (N-methyl/N-ethyl adjacent to an activating group) is 1. The van der Waals surface area contributed by atoms with E-state index in [0.717, 1.165) is 35.5 Å². The zero-order chi connectivity index (χ0) is 10.4. The van der Waals surface area contributed by atoms with E-state index < -0.39 is 0 Å². The van der Waals surface area contributed by atoms with E-state index in [4.69, 9.17) is 0 Å². The Morgan fingerprint density at radius 1 is 1.43 bits per heavy atom. The highest BCUT2D eigenvalue weighted by Crippen LogP contribution is 2.19. The Balaban J connectivity index is 2.42. The van der Waals surface area contributed by atoms with Gasteiger partial charge in [0.2, 0.25) is 0 Å². The van der Waals surface area contributed by atoms with Gasteiger partial charge in [0.15, 0.2) is 0 Å². The number of hydrogen-bond donors (Lipinski definition) is 2. The van der Waals surface area contributed by atoms with Crippen molar-refractivity contribution in [3.63, 3.8) is 0 Å². The Labute approximate surface area is 93.4 Å². The number of aromatic nitrogens is 1. The molecule has 0 aliphatic carbocycles. The summed E-state index contributed by atoms with van der Waals surface area (Å²) in [5.41, 5.74) is 1.16. The highest BCUT2D eigenvalue weighted by atomic mass is 79.9. The normalized spacial score (nSPS) is 10.2. The third-order valence-electron chi connectivity index (χ3n) is 1.82. The molecule has 4 heteroatoms. The molecule has 0 radical (unpaired) electrons. The number of nitrogens with zero attached hydrogens (tertiary/aromatic N) is 1. The predicted octanol–water partition coefficient (Wildman–Crippen LogP) is 2.17. The third-order valence-corrected chi connectivity index (χ3v) is 2.43. The van der Waals surface area contributed by atoms with Crippen LogP contribution in [0.4, 0.5) is 5.82 Å². The molecule has 0 spiro atoms. The lowest BCUT2D eigenvalue weighted by atomic mass is 10.3. The molecule has 0 amide bonds. The van der Waals surface area contributed by atoms with Crippen LogP contribution in [0.15, 0.2) is 16.7 Å². The van der Waals surface area contributed by atoms with Crippen LogP contribution in [0.1, 0.15) is 12.5 Å². The fourth-order valence-corrected chi connectivity index (χ4v) is 1.71. The number of hydrogen-bond acceptors (Lipinski definition) is 3. The maximum Gasteiger partial charge on any atom is 0.140 e. The van der Waals surface area contributed by atoms with E-state index in [2.05, 4.69) is 44.5 Å². The monoisotopic (exact) mass is 257 g/mol. The van der Waals surface area contributed by atoms with Crippen molar-refractivity contribution in [2.75, 3.05) is 25.0 Å². The second-order valence-corrected chi connectivity index (χ2v) is 3.98. The number of aryl methyl sites for hydroxylation is 1. The van der Waals surface area contributed by atoms with E-state index in [1.54, 1.807) is 0 Å². The van der Waals surface area contributed by atoms with Gasteiger partial charge < -0.3 is 10.6 Å². The van der Waals surface area contributed by atoms with Crippen molar-refractivity contribution in [2.45, 2.75) is 13.8 Å². The van der Waals surface area contributed by atoms with Gasteiger partial charge in [-0.25, -0.2) is 4.98 Å². The summed E-state index contributed by atoms with van der Waals surface area (Å²) in [7, 11) is 0. The minimum Gasteiger partial charge on any atom is -0.368 e. The van der Waals surface area contributed by atoms with Crippen molar-refractivity contribution < 1.29 is 0 Å². The van der Waals surface area contributed by atoms with Gasteiger partial charge in [-0.1, -0.05) is 6.92 Å². The molecule has 14 heavy (non-hydrogen) atoms. The number of halogens is 1. The molecule has 2 N–H and O–H groups in total. The first-order valence-corrected chi connectivity index (χ1v) is 5.60. The molecule has 0 bridgehead atoms. The molecule has 0 fully saturated rings. The summed E-state index contributed by atoms with van der Waals surface area (Å²) in [4.78, 5) is 4.29. The Morgan fingerprint density at radius 2 is 2.21 bits per heavy atom. The average Bonchev–Trinajstić information content (AvgIpc) is 2.15. The molecule has 0 saturated carbocycles. The summed E-state index contributed by atoms with van der Waals surface area (Å²) in [6.07, 6.45) is 1.86. The number of anilines is 1. The minimum atomic E-state index is 0.891. The standard InChI is InChI=1S/C10H16BrN3/c1-3-12-4-5-13-10-9(11)6-8(2)7-14-10/h6-7,12H,3-5H2,1-2H3,(H,13,14). The molecule has 1 aromatic rings. The largest absolute Gasteiger partial charge is 0.368 e. The number of nitrogens with one attached hydrogen (secondary N) is 2. The fraction of sp³-hybridized carbons (Fsp3) is 0.500. The number of pyridine rings is 1. The molecule has 1 heterocycles. The fourth-order valence-electron chi connectivity index (χ4n) is 1.11. The Bertz CT molecular complexity index is 289. The molecular weight excluding hydrogens is 242 g/mol. The van der Waals surface area contributed by atoms with Gasteiger partial charge in [0.05, 0.1) is 4.47 Å². The predicted molar refractivity (Wildman–Crippen MR) is 63.7 cm³/mol. The molecule has 0 saturated heterocycles. The summed E-state index contributed by atoms with van der Waals surface area (Å²) >= 11 is 3.47.